The summed E-state index contributed by atoms with van der Waals surface area (Å²) in [5.74, 6) is 5.10. The predicted molar refractivity (Wildman–Crippen MR) is 58.8 cm³/mol. The van der Waals surface area contributed by atoms with Crippen LogP contribution in [-0.4, -0.2) is 8.42 Å². The summed E-state index contributed by atoms with van der Waals surface area (Å²) < 4.78 is 18.4. The van der Waals surface area contributed by atoms with Gasteiger partial charge in [-0.25, -0.2) is 10.3 Å². The number of nitrogen functional groups attached to an aromatic ring is 1. The van der Waals surface area contributed by atoms with Crippen molar-refractivity contribution in [1.82, 2.24) is 0 Å². The maximum Gasteiger partial charge on any atom is 0.271 e. The fourth-order valence-corrected chi connectivity index (χ4v) is 0.534. The molecule has 1 aromatic carbocycles. The molecule has 0 saturated carbocycles. The molecule has 0 amide bonds. The van der Waals surface area contributed by atoms with Gasteiger partial charge in [-0.1, -0.05) is 18.2 Å². The Morgan fingerprint density at radius 1 is 1.07 bits per heavy atom. The number of para-hydroxylation sites is 1. The standard InChI is InChI=1S/C6H8N2.ClH.H4N2O2S/c7-8-6-4-2-1-3-5-6;;1-5(2,3)4/h1-5,8H,7H2;1H;(H4,1,2,3,4). The van der Waals surface area contributed by atoms with Crippen molar-refractivity contribution in [3.8, 4) is 0 Å². The maximum atomic E-state index is 9.19. The third-order valence-corrected chi connectivity index (χ3v) is 0.940. The first-order valence-electron chi connectivity index (χ1n) is 3.25. The van der Waals surface area contributed by atoms with Gasteiger partial charge in [-0.2, -0.15) is 8.42 Å². The van der Waals surface area contributed by atoms with Crippen LogP contribution in [-0.2, 0) is 10.2 Å². The highest BCUT2D eigenvalue weighted by Crippen LogP contribution is 2.00. The van der Waals surface area contributed by atoms with Crippen LogP contribution in [0.5, 0.6) is 0 Å². The Kier molecular flexibility index (Phi) is 8.40. The van der Waals surface area contributed by atoms with Crippen molar-refractivity contribution in [3.05, 3.63) is 30.3 Å². The van der Waals surface area contributed by atoms with Crippen molar-refractivity contribution < 1.29 is 8.42 Å². The second-order valence-corrected chi connectivity index (χ2v) is 3.28. The van der Waals surface area contributed by atoms with Crippen LogP contribution in [0, 0.1) is 0 Å². The summed E-state index contributed by atoms with van der Waals surface area (Å²) in [4.78, 5) is 0. The molecule has 0 heterocycles. The normalized spacial score (nSPS) is 9.07. The molecule has 8 heteroatoms. The summed E-state index contributed by atoms with van der Waals surface area (Å²) in [7, 11) is -3.67. The van der Waals surface area contributed by atoms with Gasteiger partial charge in [0.25, 0.3) is 10.2 Å². The summed E-state index contributed by atoms with van der Waals surface area (Å²) in [6.07, 6.45) is 0. The molecule has 0 radical (unpaired) electrons. The third-order valence-electron chi connectivity index (χ3n) is 0.940. The van der Waals surface area contributed by atoms with E-state index in [1.54, 1.807) is 0 Å². The molecule has 0 fully saturated rings. The van der Waals surface area contributed by atoms with Gasteiger partial charge in [0.05, 0.1) is 0 Å². The number of rotatable bonds is 1. The van der Waals surface area contributed by atoms with E-state index < -0.39 is 10.2 Å². The zero-order valence-electron chi connectivity index (χ0n) is 7.25. The molecule has 1 aromatic rings. The Bertz CT molecular complexity index is 321. The van der Waals surface area contributed by atoms with E-state index in [2.05, 4.69) is 15.7 Å². The quantitative estimate of drug-likeness (QED) is 0.392. The molecule has 82 valence electrons. The van der Waals surface area contributed by atoms with Crippen LogP contribution in [0.15, 0.2) is 30.3 Å². The largest absolute Gasteiger partial charge is 0.324 e. The summed E-state index contributed by atoms with van der Waals surface area (Å²) in [5, 5.41) is 8.21. The van der Waals surface area contributed by atoms with Crippen LogP contribution in [0.4, 0.5) is 5.69 Å². The number of nitrogens with two attached hydrogens (primary N) is 3. The van der Waals surface area contributed by atoms with Crippen molar-refractivity contribution in [2.24, 2.45) is 16.1 Å². The van der Waals surface area contributed by atoms with Gasteiger partial charge >= 0.3 is 0 Å². The fraction of sp³-hybridized carbons (Fsp3) is 0. The van der Waals surface area contributed by atoms with E-state index in [0.717, 1.165) is 5.69 Å². The molecule has 0 aliphatic carbocycles. The lowest BCUT2D eigenvalue weighted by Crippen LogP contribution is -2.21. The molecule has 1 rings (SSSR count). The van der Waals surface area contributed by atoms with Crippen molar-refractivity contribution in [2.45, 2.75) is 0 Å². The Balaban J connectivity index is 0. The first-order valence-corrected chi connectivity index (χ1v) is 4.86. The van der Waals surface area contributed by atoms with E-state index in [1.165, 1.54) is 0 Å². The SMILES string of the molecule is Cl.NNc1ccccc1.NS(N)(=O)=O. The molecule has 0 bridgehead atoms. The van der Waals surface area contributed by atoms with Gasteiger partial charge in [-0.05, 0) is 12.1 Å². The maximum absolute atomic E-state index is 9.19. The minimum atomic E-state index is -3.67. The van der Waals surface area contributed by atoms with Crippen LogP contribution in [0.25, 0.3) is 0 Å². The van der Waals surface area contributed by atoms with Gasteiger partial charge in [-0.3, -0.25) is 5.84 Å². The predicted octanol–water partition coefficient (Wildman–Crippen LogP) is -0.457. The minimum absolute atomic E-state index is 0. The molecule has 0 aliphatic heterocycles. The van der Waals surface area contributed by atoms with Gasteiger partial charge in [0, 0.05) is 5.69 Å². The number of anilines is 1. The second kappa shape index (κ2) is 7.54. The molecular weight excluding hydrogens is 228 g/mol. The number of benzene rings is 1. The van der Waals surface area contributed by atoms with E-state index in [9.17, 15) is 8.42 Å². The lowest BCUT2D eigenvalue weighted by Gasteiger charge is -1.94. The summed E-state index contributed by atoms with van der Waals surface area (Å²) in [6, 6.07) is 9.60. The first kappa shape index (κ1) is 15.6. The Morgan fingerprint density at radius 3 is 1.64 bits per heavy atom. The van der Waals surface area contributed by atoms with E-state index in [4.69, 9.17) is 5.84 Å². The molecule has 0 unspecified atom stereocenters. The summed E-state index contributed by atoms with van der Waals surface area (Å²) >= 11 is 0. The monoisotopic (exact) mass is 240 g/mol. The average Bonchev–Trinajstić information content (AvgIpc) is 2.03. The van der Waals surface area contributed by atoms with Crippen molar-refractivity contribution >= 4 is 28.3 Å². The fourth-order valence-electron chi connectivity index (χ4n) is 0.534. The van der Waals surface area contributed by atoms with Gasteiger partial charge in [0.15, 0.2) is 0 Å². The van der Waals surface area contributed by atoms with Crippen LogP contribution in [0.2, 0.25) is 0 Å². The lowest BCUT2D eigenvalue weighted by atomic mass is 10.3. The van der Waals surface area contributed by atoms with Gasteiger partial charge in [0.1, 0.15) is 0 Å². The molecule has 0 aromatic heterocycles. The third kappa shape index (κ3) is 13.7. The lowest BCUT2D eigenvalue weighted by molar-refractivity contribution is 0.599. The topological polar surface area (TPSA) is 124 Å². The van der Waals surface area contributed by atoms with E-state index in [-0.39, 0.29) is 12.4 Å². The average molecular weight is 241 g/mol. The minimum Gasteiger partial charge on any atom is -0.324 e. The molecular formula is C6H13ClN4O2S. The molecule has 6 nitrogen and oxygen atoms in total. The smallest absolute Gasteiger partial charge is 0.271 e. The van der Waals surface area contributed by atoms with E-state index in [1.807, 2.05) is 30.3 Å². The molecule has 0 saturated heterocycles. The van der Waals surface area contributed by atoms with Crippen LogP contribution in [0.3, 0.4) is 0 Å². The van der Waals surface area contributed by atoms with E-state index in [0.29, 0.717) is 0 Å². The Morgan fingerprint density at radius 2 is 1.43 bits per heavy atom. The number of hydrazine groups is 1. The van der Waals surface area contributed by atoms with Crippen molar-refractivity contribution in [3.63, 3.8) is 0 Å². The molecule has 0 aliphatic rings. The van der Waals surface area contributed by atoms with Crippen molar-refractivity contribution in [1.29, 1.82) is 0 Å². The number of halogens is 1. The van der Waals surface area contributed by atoms with Gasteiger partial charge in [-0.15, -0.1) is 12.4 Å². The molecule has 0 atom stereocenters. The highest BCUT2D eigenvalue weighted by molar-refractivity contribution is 7.86. The number of nitrogens with one attached hydrogen (secondary N) is 1. The second-order valence-electron chi connectivity index (χ2n) is 2.10. The zero-order chi connectivity index (χ0) is 10.3. The Hall–Kier alpha value is -0.860. The molecule has 14 heavy (non-hydrogen) atoms. The van der Waals surface area contributed by atoms with Crippen LogP contribution < -0.4 is 21.5 Å². The van der Waals surface area contributed by atoms with Crippen molar-refractivity contribution in [2.75, 3.05) is 5.43 Å². The highest BCUT2D eigenvalue weighted by Gasteiger charge is 1.79. The number of hydrogen-bond acceptors (Lipinski definition) is 4. The van der Waals surface area contributed by atoms with Crippen LogP contribution >= 0.6 is 12.4 Å². The molecule has 7 N–H and O–H groups in total. The summed E-state index contributed by atoms with van der Waals surface area (Å²) in [6.45, 7) is 0. The van der Waals surface area contributed by atoms with Gasteiger partial charge in [0.2, 0.25) is 0 Å². The van der Waals surface area contributed by atoms with Gasteiger partial charge < -0.3 is 5.43 Å². The van der Waals surface area contributed by atoms with Crippen LogP contribution in [0.1, 0.15) is 0 Å². The number of hydrogen-bond donors (Lipinski definition) is 4. The summed E-state index contributed by atoms with van der Waals surface area (Å²) in [5.41, 5.74) is 3.46. The van der Waals surface area contributed by atoms with E-state index >= 15 is 0 Å². The highest BCUT2D eigenvalue weighted by atomic mass is 35.5. The molecule has 0 spiro atoms. The zero-order valence-corrected chi connectivity index (χ0v) is 8.88. The first-order chi connectivity index (χ1) is 5.93. The Labute approximate surface area is 89.0 Å².